The second-order valence-electron chi connectivity index (χ2n) is 5.23. The van der Waals surface area contributed by atoms with E-state index in [1.165, 1.54) is 0 Å². The van der Waals surface area contributed by atoms with E-state index >= 15 is 0 Å². The molecule has 1 aliphatic rings. The molecule has 0 saturated heterocycles. The van der Waals surface area contributed by atoms with Crippen LogP contribution in [0.5, 0.6) is 0 Å². The number of fused-ring (bicyclic) bond motifs is 1. The molecule has 1 fully saturated rings. The van der Waals surface area contributed by atoms with Crippen LogP contribution in [0.25, 0.3) is 10.9 Å². The van der Waals surface area contributed by atoms with Crippen molar-refractivity contribution in [3.63, 3.8) is 0 Å². The number of carbonyl (C=O) groups is 1. The molecule has 6 nitrogen and oxygen atoms in total. The summed E-state index contributed by atoms with van der Waals surface area (Å²) in [6.45, 7) is 2.35. The number of benzene rings is 1. The number of rotatable bonds is 4. The standard InChI is InChI=1S/C14H15N3O3/c1-9-6-10(9)8-20-13(18)7-17-14(19)11-4-2-3-5-12(11)15-16-17/h2-5,9-10H,6-8H2,1H3. The third kappa shape index (κ3) is 2.54. The molecule has 1 aromatic carbocycles. The van der Waals surface area contributed by atoms with E-state index in [1.807, 2.05) is 0 Å². The molecule has 0 aliphatic heterocycles. The maximum absolute atomic E-state index is 12.1. The lowest BCUT2D eigenvalue weighted by Gasteiger charge is -2.05. The van der Waals surface area contributed by atoms with Crippen LogP contribution in [0.1, 0.15) is 13.3 Å². The number of hydrogen-bond donors (Lipinski definition) is 0. The molecule has 1 saturated carbocycles. The van der Waals surface area contributed by atoms with Gasteiger partial charge in [-0.2, -0.15) is 4.68 Å². The van der Waals surface area contributed by atoms with Gasteiger partial charge in [0.15, 0.2) is 0 Å². The molecule has 20 heavy (non-hydrogen) atoms. The van der Waals surface area contributed by atoms with Gasteiger partial charge in [0.25, 0.3) is 5.56 Å². The molecule has 6 heteroatoms. The van der Waals surface area contributed by atoms with Crippen LogP contribution in [0.2, 0.25) is 0 Å². The van der Waals surface area contributed by atoms with Crippen LogP contribution in [0, 0.1) is 11.8 Å². The van der Waals surface area contributed by atoms with E-state index in [1.54, 1.807) is 24.3 Å². The second kappa shape index (κ2) is 5.03. The highest BCUT2D eigenvalue weighted by Gasteiger charge is 2.33. The van der Waals surface area contributed by atoms with Crippen LogP contribution in [0.4, 0.5) is 0 Å². The Morgan fingerprint density at radius 2 is 2.20 bits per heavy atom. The van der Waals surface area contributed by atoms with Crippen molar-refractivity contribution >= 4 is 16.9 Å². The van der Waals surface area contributed by atoms with E-state index in [0.717, 1.165) is 11.1 Å². The largest absolute Gasteiger partial charge is 0.464 e. The van der Waals surface area contributed by atoms with Gasteiger partial charge in [0.05, 0.1) is 12.0 Å². The minimum absolute atomic E-state index is 0.197. The van der Waals surface area contributed by atoms with Gasteiger partial charge in [-0.3, -0.25) is 9.59 Å². The number of carbonyl (C=O) groups excluding carboxylic acids is 1. The van der Waals surface area contributed by atoms with Crippen LogP contribution in [-0.2, 0) is 16.1 Å². The van der Waals surface area contributed by atoms with E-state index in [-0.39, 0.29) is 12.1 Å². The lowest BCUT2D eigenvalue weighted by molar-refractivity contribution is -0.145. The van der Waals surface area contributed by atoms with Crippen molar-refractivity contribution in [1.29, 1.82) is 0 Å². The number of hydrogen-bond acceptors (Lipinski definition) is 5. The average molecular weight is 273 g/mol. The van der Waals surface area contributed by atoms with Crippen LogP contribution in [-0.4, -0.2) is 27.6 Å². The van der Waals surface area contributed by atoms with Gasteiger partial charge in [-0.15, -0.1) is 5.10 Å². The molecule has 1 aliphatic carbocycles. The van der Waals surface area contributed by atoms with Crippen molar-refractivity contribution in [2.75, 3.05) is 6.61 Å². The van der Waals surface area contributed by atoms with Gasteiger partial charge in [0.2, 0.25) is 0 Å². The van der Waals surface area contributed by atoms with E-state index < -0.39 is 5.97 Å². The van der Waals surface area contributed by atoms with Gasteiger partial charge in [0.1, 0.15) is 12.1 Å². The molecular weight excluding hydrogens is 258 g/mol. The predicted octanol–water partition coefficient (Wildman–Crippen LogP) is 0.991. The average Bonchev–Trinajstić information content (AvgIpc) is 3.16. The normalized spacial score (nSPS) is 20.9. The molecule has 104 valence electrons. The van der Waals surface area contributed by atoms with Crippen molar-refractivity contribution in [1.82, 2.24) is 15.0 Å². The first-order chi connectivity index (χ1) is 9.65. The summed E-state index contributed by atoms with van der Waals surface area (Å²) in [4.78, 5) is 23.8. The smallest absolute Gasteiger partial charge is 0.327 e. The van der Waals surface area contributed by atoms with Crippen LogP contribution in [0.15, 0.2) is 29.1 Å². The van der Waals surface area contributed by atoms with Gasteiger partial charge in [-0.25, -0.2) is 0 Å². The first kappa shape index (κ1) is 12.8. The third-order valence-corrected chi connectivity index (χ3v) is 3.64. The molecule has 2 atom stereocenters. The highest BCUT2D eigenvalue weighted by atomic mass is 16.5. The number of nitrogens with zero attached hydrogens (tertiary/aromatic N) is 3. The fraction of sp³-hybridized carbons (Fsp3) is 0.429. The predicted molar refractivity (Wildman–Crippen MR) is 72.0 cm³/mol. The molecule has 0 bridgehead atoms. The van der Waals surface area contributed by atoms with E-state index in [4.69, 9.17) is 4.74 Å². The Kier molecular flexibility index (Phi) is 3.22. The summed E-state index contributed by atoms with van der Waals surface area (Å²) in [6, 6.07) is 6.91. The Labute approximate surface area is 115 Å². The summed E-state index contributed by atoms with van der Waals surface area (Å²) < 4.78 is 6.18. The Hall–Kier alpha value is -2.24. The zero-order valence-electron chi connectivity index (χ0n) is 11.2. The SMILES string of the molecule is CC1CC1COC(=O)Cn1nnc2ccccc2c1=O. The lowest BCUT2D eigenvalue weighted by Crippen LogP contribution is -2.29. The fourth-order valence-electron chi connectivity index (χ4n) is 2.13. The number of aromatic nitrogens is 3. The van der Waals surface area contributed by atoms with Crippen molar-refractivity contribution in [2.24, 2.45) is 11.8 Å². The molecule has 3 rings (SSSR count). The summed E-state index contributed by atoms with van der Waals surface area (Å²) >= 11 is 0. The maximum atomic E-state index is 12.1. The van der Waals surface area contributed by atoms with Crippen molar-refractivity contribution in [2.45, 2.75) is 19.9 Å². The lowest BCUT2D eigenvalue weighted by atomic mass is 10.2. The first-order valence-corrected chi connectivity index (χ1v) is 6.63. The monoisotopic (exact) mass is 273 g/mol. The molecule has 0 amide bonds. The Morgan fingerprint density at radius 3 is 2.95 bits per heavy atom. The van der Waals surface area contributed by atoms with Crippen molar-refractivity contribution < 1.29 is 9.53 Å². The Morgan fingerprint density at radius 1 is 1.45 bits per heavy atom. The highest BCUT2D eigenvalue weighted by molar-refractivity contribution is 5.77. The third-order valence-electron chi connectivity index (χ3n) is 3.64. The fourth-order valence-corrected chi connectivity index (χ4v) is 2.13. The van der Waals surface area contributed by atoms with E-state index in [9.17, 15) is 9.59 Å². The van der Waals surface area contributed by atoms with Crippen LogP contribution >= 0.6 is 0 Å². The summed E-state index contributed by atoms with van der Waals surface area (Å²) in [7, 11) is 0. The molecule has 0 radical (unpaired) electrons. The van der Waals surface area contributed by atoms with Crippen molar-refractivity contribution in [3.05, 3.63) is 34.6 Å². The summed E-state index contributed by atoms with van der Waals surface area (Å²) in [5, 5.41) is 8.13. The summed E-state index contributed by atoms with van der Waals surface area (Å²) in [5.74, 6) is 0.653. The van der Waals surface area contributed by atoms with Crippen LogP contribution < -0.4 is 5.56 Å². The van der Waals surface area contributed by atoms with E-state index in [2.05, 4.69) is 17.2 Å². The minimum atomic E-state index is -0.448. The molecular formula is C14H15N3O3. The maximum Gasteiger partial charge on any atom is 0.327 e. The van der Waals surface area contributed by atoms with Gasteiger partial charge in [-0.05, 0) is 30.4 Å². The molecule has 0 spiro atoms. The van der Waals surface area contributed by atoms with Crippen LogP contribution in [0.3, 0.4) is 0 Å². The van der Waals surface area contributed by atoms with Gasteiger partial charge < -0.3 is 4.74 Å². The highest BCUT2D eigenvalue weighted by Crippen LogP contribution is 2.37. The Bertz CT molecular complexity index is 710. The summed E-state index contributed by atoms with van der Waals surface area (Å²) in [6.07, 6.45) is 1.10. The minimum Gasteiger partial charge on any atom is -0.464 e. The topological polar surface area (TPSA) is 74.1 Å². The number of esters is 1. The van der Waals surface area contributed by atoms with Gasteiger partial charge in [0, 0.05) is 0 Å². The number of ether oxygens (including phenoxy) is 1. The molecule has 1 aromatic heterocycles. The summed E-state index contributed by atoms with van der Waals surface area (Å²) in [5.41, 5.74) is 0.196. The molecule has 2 unspecified atom stereocenters. The molecule has 0 N–H and O–H groups in total. The Balaban J connectivity index is 1.72. The quantitative estimate of drug-likeness (QED) is 0.777. The van der Waals surface area contributed by atoms with Crippen molar-refractivity contribution in [3.8, 4) is 0 Å². The zero-order valence-corrected chi connectivity index (χ0v) is 11.2. The van der Waals surface area contributed by atoms with Gasteiger partial charge >= 0.3 is 5.97 Å². The molecule has 1 heterocycles. The molecule has 2 aromatic rings. The van der Waals surface area contributed by atoms with E-state index in [0.29, 0.717) is 29.3 Å². The second-order valence-corrected chi connectivity index (χ2v) is 5.23. The first-order valence-electron chi connectivity index (χ1n) is 6.63. The van der Waals surface area contributed by atoms with Gasteiger partial charge in [-0.1, -0.05) is 24.3 Å². The zero-order chi connectivity index (χ0) is 14.1.